The van der Waals surface area contributed by atoms with Crippen molar-refractivity contribution < 1.29 is 0 Å². The summed E-state index contributed by atoms with van der Waals surface area (Å²) in [4.78, 5) is 0. The van der Waals surface area contributed by atoms with Crippen LogP contribution in [-0.4, -0.2) is 6.04 Å². The Morgan fingerprint density at radius 3 is 2.60 bits per heavy atom. The van der Waals surface area contributed by atoms with E-state index in [1.165, 1.54) is 31.2 Å². The highest BCUT2D eigenvalue weighted by Gasteiger charge is 2.37. The standard InChI is InChI=1S/C13H16N2/c1-2-6-10(7-3-1)13-11-8-4-5-9-12(11)14-15-13/h1-3,6-7,11-13H,4-5,8-9H2. The van der Waals surface area contributed by atoms with E-state index in [1.54, 1.807) is 0 Å². The summed E-state index contributed by atoms with van der Waals surface area (Å²) in [5.74, 6) is 0.682. The second-order valence-electron chi connectivity index (χ2n) is 4.60. The molecule has 2 aliphatic rings. The molecule has 0 saturated heterocycles. The van der Waals surface area contributed by atoms with E-state index in [0.717, 1.165) is 0 Å². The SMILES string of the molecule is c1ccc(C2N=NC3CCCCC32)cc1. The molecule has 1 fully saturated rings. The van der Waals surface area contributed by atoms with Crippen LogP contribution >= 0.6 is 0 Å². The molecule has 0 amide bonds. The summed E-state index contributed by atoms with van der Waals surface area (Å²) in [6.07, 6.45) is 5.24. The van der Waals surface area contributed by atoms with E-state index in [2.05, 4.69) is 40.6 Å². The third-order valence-corrected chi connectivity index (χ3v) is 3.67. The number of hydrogen-bond acceptors (Lipinski definition) is 2. The van der Waals surface area contributed by atoms with Crippen molar-refractivity contribution >= 4 is 0 Å². The van der Waals surface area contributed by atoms with Gasteiger partial charge in [0.25, 0.3) is 0 Å². The van der Waals surface area contributed by atoms with Crippen LogP contribution in [-0.2, 0) is 0 Å². The van der Waals surface area contributed by atoms with Crippen LogP contribution in [0.2, 0.25) is 0 Å². The fraction of sp³-hybridized carbons (Fsp3) is 0.538. The lowest BCUT2D eigenvalue weighted by Crippen LogP contribution is -2.23. The van der Waals surface area contributed by atoms with E-state index in [4.69, 9.17) is 0 Å². The van der Waals surface area contributed by atoms with Crippen LogP contribution in [0.15, 0.2) is 40.6 Å². The van der Waals surface area contributed by atoms with Gasteiger partial charge in [0.2, 0.25) is 0 Å². The van der Waals surface area contributed by atoms with Crippen molar-refractivity contribution in [2.45, 2.75) is 37.8 Å². The molecular formula is C13H16N2. The second-order valence-corrected chi connectivity index (χ2v) is 4.60. The Balaban J connectivity index is 1.86. The molecule has 0 aromatic heterocycles. The summed E-state index contributed by atoms with van der Waals surface area (Å²) < 4.78 is 0. The number of rotatable bonds is 1. The topological polar surface area (TPSA) is 24.7 Å². The van der Waals surface area contributed by atoms with Crippen LogP contribution in [0.1, 0.15) is 37.3 Å². The zero-order valence-corrected chi connectivity index (χ0v) is 8.84. The molecule has 3 unspecified atom stereocenters. The molecule has 1 aromatic carbocycles. The van der Waals surface area contributed by atoms with E-state index in [1.807, 2.05) is 0 Å². The molecule has 15 heavy (non-hydrogen) atoms. The maximum atomic E-state index is 4.48. The van der Waals surface area contributed by atoms with Gasteiger partial charge in [-0.25, -0.2) is 0 Å². The van der Waals surface area contributed by atoms with Gasteiger partial charge in [0.15, 0.2) is 0 Å². The van der Waals surface area contributed by atoms with Gasteiger partial charge in [-0.1, -0.05) is 43.2 Å². The molecule has 2 heteroatoms. The molecular weight excluding hydrogens is 184 g/mol. The molecule has 0 spiro atoms. The third-order valence-electron chi connectivity index (χ3n) is 3.67. The van der Waals surface area contributed by atoms with Crippen LogP contribution < -0.4 is 0 Å². The Morgan fingerprint density at radius 2 is 1.73 bits per heavy atom. The van der Waals surface area contributed by atoms with Gasteiger partial charge in [0, 0.05) is 5.92 Å². The molecule has 2 nitrogen and oxygen atoms in total. The van der Waals surface area contributed by atoms with Gasteiger partial charge < -0.3 is 0 Å². The van der Waals surface area contributed by atoms with Gasteiger partial charge in [0.05, 0.1) is 6.04 Å². The molecule has 0 bridgehead atoms. The average Bonchev–Trinajstić information content (AvgIpc) is 2.74. The molecule has 1 saturated carbocycles. The minimum atomic E-state index is 0.344. The Hall–Kier alpha value is -1.18. The first-order chi connectivity index (χ1) is 7.45. The maximum absolute atomic E-state index is 4.48. The minimum absolute atomic E-state index is 0.344. The van der Waals surface area contributed by atoms with Gasteiger partial charge >= 0.3 is 0 Å². The van der Waals surface area contributed by atoms with E-state index < -0.39 is 0 Å². The summed E-state index contributed by atoms with van der Waals surface area (Å²) >= 11 is 0. The van der Waals surface area contributed by atoms with E-state index >= 15 is 0 Å². The molecule has 1 aliphatic carbocycles. The lowest BCUT2D eigenvalue weighted by Gasteiger charge is -2.26. The normalized spacial score (nSPS) is 34.0. The number of benzene rings is 1. The monoisotopic (exact) mass is 200 g/mol. The van der Waals surface area contributed by atoms with Gasteiger partial charge in [0.1, 0.15) is 6.04 Å². The van der Waals surface area contributed by atoms with Crippen LogP contribution in [0.5, 0.6) is 0 Å². The summed E-state index contributed by atoms with van der Waals surface area (Å²) in [5.41, 5.74) is 1.34. The average molecular weight is 200 g/mol. The van der Waals surface area contributed by atoms with Crippen LogP contribution in [0.3, 0.4) is 0 Å². The lowest BCUT2D eigenvalue weighted by molar-refractivity contribution is 0.308. The highest BCUT2D eigenvalue weighted by atomic mass is 15.2. The Bertz CT molecular complexity index is 358. The van der Waals surface area contributed by atoms with Crippen molar-refractivity contribution in [3.05, 3.63) is 35.9 Å². The number of fused-ring (bicyclic) bond motifs is 1. The second kappa shape index (κ2) is 3.76. The molecule has 0 radical (unpaired) electrons. The lowest BCUT2D eigenvalue weighted by atomic mass is 9.79. The molecule has 1 aliphatic heterocycles. The smallest absolute Gasteiger partial charge is 0.101 e. The number of nitrogens with zero attached hydrogens (tertiary/aromatic N) is 2. The largest absolute Gasteiger partial charge is 0.190 e. The van der Waals surface area contributed by atoms with Crippen molar-refractivity contribution in [1.29, 1.82) is 0 Å². The van der Waals surface area contributed by atoms with E-state index in [0.29, 0.717) is 18.0 Å². The number of azo groups is 1. The van der Waals surface area contributed by atoms with Gasteiger partial charge in [-0.15, -0.1) is 0 Å². The first-order valence-electron chi connectivity index (χ1n) is 5.90. The quantitative estimate of drug-likeness (QED) is 0.659. The Kier molecular flexibility index (Phi) is 2.28. The van der Waals surface area contributed by atoms with Crippen molar-refractivity contribution in [1.82, 2.24) is 0 Å². The fourth-order valence-corrected chi connectivity index (χ4v) is 2.86. The zero-order chi connectivity index (χ0) is 10.1. The van der Waals surface area contributed by atoms with Crippen molar-refractivity contribution in [3.63, 3.8) is 0 Å². The molecule has 0 N–H and O–H groups in total. The Labute approximate surface area is 90.4 Å². The predicted molar refractivity (Wildman–Crippen MR) is 59.8 cm³/mol. The first-order valence-corrected chi connectivity index (χ1v) is 5.90. The summed E-state index contributed by atoms with van der Waals surface area (Å²) in [5, 5.41) is 8.92. The van der Waals surface area contributed by atoms with Crippen molar-refractivity contribution in [2.24, 2.45) is 16.1 Å². The van der Waals surface area contributed by atoms with Crippen LogP contribution in [0.25, 0.3) is 0 Å². The van der Waals surface area contributed by atoms with Gasteiger partial charge in [-0.05, 0) is 18.4 Å². The molecule has 78 valence electrons. The zero-order valence-electron chi connectivity index (χ0n) is 8.84. The maximum Gasteiger partial charge on any atom is 0.101 e. The molecule has 1 aromatic rings. The molecule has 1 heterocycles. The third kappa shape index (κ3) is 1.58. The Morgan fingerprint density at radius 1 is 0.933 bits per heavy atom. The highest BCUT2D eigenvalue weighted by molar-refractivity contribution is 5.21. The van der Waals surface area contributed by atoms with E-state index in [9.17, 15) is 0 Å². The summed E-state index contributed by atoms with van der Waals surface area (Å²) in [6.45, 7) is 0. The van der Waals surface area contributed by atoms with Crippen LogP contribution in [0.4, 0.5) is 0 Å². The van der Waals surface area contributed by atoms with Gasteiger partial charge in [-0.3, -0.25) is 0 Å². The predicted octanol–water partition coefficient (Wildman–Crippen LogP) is 3.75. The summed E-state index contributed by atoms with van der Waals surface area (Å²) in [7, 11) is 0. The molecule has 3 atom stereocenters. The summed E-state index contributed by atoms with van der Waals surface area (Å²) in [6, 6.07) is 11.5. The van der Waals surface area contributed by atoms with Crippen molar-refractivity contribution in [3.8, 4) is 0 Å². The van der Waals surface area contributed by atoms with Crippen molar-refractivity contribution in [2.75, 3.05) is 0 Å². The van der Waals surface area contributed by atoms with Crippen LogP contribution in [0, 0.1) is 5.92 Å². The van der Waals surface area contributed by atoms with E-state index in [-0.39, 0.29) is 0 Å². The number of hydrogen-bond donors (Lipinski definition) is 0. The van der Waals surface area contributed by atoms with Gasteiger partial charge in [-0.2, -0.15) is 10.2 Å². The first kappa shape index (κ1) is 9.08. The molecule has 3 rings (SSSR count). The highest BCUT2D eigenvalue weighted by Crippen LogP contribution is 2.43. The fourth-order valence-electron chi connectivity index (χ4n) is 2.86. The minimum Gasteiger partial charge on any atom is -0.190 e.